The number of halogens is 1. The fourth-order valence-corrected chi connectivity index (χ4v) is 3.63. The van der Waals surface area contributed by atoms with Gasteiger partial charge in [0.1, 0.15) is 5.82 Å². The van der Waals surface area contributed by atoms with Gasteiger partial charge in [0.2, 0.25) is 5.88 Å². The summed E-state index contributed by atoms with van der Waals surface area (Å²) in [4.78, 5) is 4.63. The number of methoxy groups -OCH3 is 1. The van der Waals surface area contributed by atoms with Crippen molar-refractivity contribution in [3.8, 4) is 17.1 Å². The molecular formula is C21H26FN3O2. The molecule has 0 saturated heterocycles. The number of aryl methyl sites for hydroxylation is 1. The summed E-state index contributed by atoms with van der Waals surface area (Å²) in [5, 5.41) is 14.7. The Labute approximate surface area is 158 Å². The van der Waals surface area contributed by atoms with Gasteiger partial charge in [0.25, 0.3) is 0 Å². The second-order valence-corrected chi connectivity index (χ2v) is 6.75. The van der Waals surface area contributed by atoms with E-state index in [1.807, 2.05) is 39.0 Å². The second-order valence-electron chi connectivity index (χ2n) is 6.75. The van der Waals surface area contributed by atoms with Crippen molar-refractivity contribution in [3.63, 3.8) is 0 Å². The summed E-state index contributed by atoms with van der Waals surface area (Å²) >= 11 is 0. The molecule has 0 aliphatic heterocycles. The SMILES string of the molecule is CCn1ncc2c(F)cc(-c3ccc(C(CC)(CC)CO)c(OC)n3)cc21. The van der Waals surface area contributed by atoms with Gasteiger partial charge in [-0.2, -0.15) is 5.10 Å². The average molecular weight is 371 g/mol. The summed E-state index contributed by atoms with van der Waals surface area (Å²) in [5.41, 5.74) is 2.51. The number of nitrogens with zero attached hydrogens (tertiary/aromatic N) is 3. The number of aliphatic hydroxyl groups excluding tert-OH is 1. The highest BCUT2D eigenvalue weighted by Gasteiger charge is 2.31. The third-order valence-electron chi connectivity index (χ3n) is 5.59. The Morgan fingerprint density at radius 2 is 1.93 bits per heavy atom. The topological polar surface area (TPSA) is 60.2 Å². The van der Waals surface area contributed by atoms with E-state index in [1.165, 1.54) is 6.07 Å². The van der Waals surface area contributed by atoms with Crippen LogP contribution in [0.3, 0.4) is 0 Å². The number of aliphatic hydroxyl groups is 1. The predicted molar refractivity (Wildman–Crippen MR) is 104 cm³/mol. The number of rotatable bonds is 7. The van der Waals surface area contributed by atoms with Crippen LogP contribution in [-0.4, -0.2) is 33.6 Å². The molecule has 3 rings (SSSR count). The van der Waals surface area contributed by atoms with Gasteiger partial charge in [0, 0.05) is 23.1 Å². The number of hydrogen-bond donors (Lipinski definition) is 1. The van der Waals surface area contributed by atoms with Crippen LogP contribution in [0, 0.1) is 5.82 Å². The predicted octanol–water partition coefficient (Wildman–Crippen LogP) is 4.32. The molecule has 0 bridgehead atoms. The van der Waals surface area contributed by atoms with Crippen LogP contribution in [0.5, 0.6) is 5.88 Å². The monoisotopic (exact) mass is 371 g/mol. The summed E-state index contributed by atoms with van der Waals surface area (Å²) in [5.74, 6) is 0.147. The minimum absolute atomic E-state index is 0.0215. The molecule has 0 amide bonds. The lowest BCUT2D eigenvalue weighted by Gasteiger charge is -2.31. The van der Waals surface area contributed by atoms with E-state index >= 15 is 0 Å². The fourth-order valence-electron chi connectivity index (χ4n) is 3.63. The van der Waals surface area contributed by atoms with Crippen LogP contribution in [0.15, 0.2) is 30.5 Å². The highest BCUT2D eigenvalue weighted by molar-refractivity contribution is 5.84. The van der Waals surface area contributed by atoms with E-state index in [4.69, 9.17) is 4.74 Å². The lowest BCUT2D eigenvalue weighted by molar-refractivity contribution is 0.178. The van der Waals surface area contributed by atoms with Gasteiger partial charge in [0.15, 0.2) is 0 Å². The Morgan fingerprint density at radius 3 is 2.52 bits per heavy atom. The molecule has 144 valence electrons. The number of aromatic nitrogens is 3. The van der Waals surface area contributed by atoms with Crippen LogP contribution in [0.1, 0.15) is 39.2 Å². The quantitative estimate of drug-likeness (QED) is 0.672. The highest BCUT2D eigenvalue weighted by atomic mass is 19.1. The van der Waals surface area contributed by atoms with E-state index in [0.717, 1.165) is 23.9 Å². The van der Waals surface area contributed by atoms with Crippen molar-refractivity contribution in [2.24, 2.45) is 0 Å². The minimum Gasteiger partial charge on any atom is -0.481 e. The zero-order valence-corrected chi connectivity index (χ0v) is 16.3. The van der Waals surface area contributed by atoms with E-state index < -0.39 is 5.41 Å². The maximum atomic E-state index is 14.6. The number of benzene rings is 1. The van der Waals surface area contributed by atoms with Crippen LogP contribution >= 0.6 is 0 Å². The molecule has 0 aliphatic rings. The van der Waals surface area contributed by atoms with Gasteiger partial charge in [0.05, 0.1) is 36.5 Å². The van der Waals surface area contributed by atoms with Crippen molar-refractivity contribution in [3.05, 3.63) is 41.8 Å². The van der Waals surface area contributed by atoms with Crippen LogP contribution < -0.4 is 4.74 Å². The summed E-state index contributed by atoms with van der Waals surface area (Å²) in [7, 11) is 1.57. The lowest BCUT2D eigenvalue weighted by Crippen LogP contribution is -2.29. The number of fused-ring (bicyclic) bond motifs is 1. The van der Waals surface area contributed by atoms with Gasteiger partial charge in [-0.1, -0.05) is 19.9 Å². The van der Waals surface area contributed by atoms with E-state index in [2.05, 4.69) is 10.1 Å². The zero-order chi connectivity index (χ0) is 19.6. The molecule has 2 aromatic heterocycles. The molecule has 2 heterocycles. The molecule has 0 atom stereocenters. The first kappa shape index (κ1) is 19.3. The fraction of sp³-hybridized carbons (Fsp3) is 0.429. The van der Waals surface area contributed by atoms with Gasteiger partial charge in [-0.05, 0) is 38.0 Å². The average Bonchev–Trinajstić information content (AvgIpc) is 3.13. The first-order chi connectivity index (χ1) is 13.0. The molecule has 0 fully saturated rings. The van der Waals surface area contributed by atoms with Crippen LogP contribution in [0.25, 0.3) is 22.2 Å². The van der Waals surface area contributed by atoms with Gasteiger partial charge in [-0.25, -0.2) is 9.37 Å². The molecule has 3 aromatic rings. The third kappa shape index (κ3) is 3.18. The van der Waals surface area contributed by atoms with Crippen molar-refractivity contribution in [2.75, 3.05) is 13.7 Å². The number of hydrogen-bond acceptors (Lipinski definition) is 4. The van der Waals surface area contributed by atoms with Crippen molar-refractivity contribution in [2.45, 2.75) is 45.6 Å². The maximum absolute atomic E-state index is 14.6. The third-order valence-corrected chi connectivity index (χ3v) is 5.59. The molecule has 0 saturated carbocycles. The standard InChI is InChI=1S/C21H26FN3O2/c1-5-21(6-2,13-26)16-8-9-18(24-20(16)27-4)14-10-17(22)15-12-23-25(7-3)19(15)11-14/h8-12,26H,5-7,13H2,1-4H3. The summed E-state index contributed by atoms with van der Waals surface area (Å²) < 4.78 is 21.8. The Balaban J connectivity index is 2.15. The molecule has 1 aromatic carbocycles. The highest BCUT2D eigenvalue weighted by Crippen LogP contribution is 2.38. The first-order valence-electron chi connectivity index (χ1n) is 9.35. The van der Waals surface area contributed by atoms with Crippen molar-refractivity contribution >= 4 is 10.9 Å². The van der Waals surface area contributed by atoms with Gasteiger partial charge >= 0.3 is 0 Å². The van der Waals surface area contributed by atoms with E-state index in [9.17, 15) is 9.50 Å². The smallest absolute Gasteiger partial charge is 0.217 e. The molecule has 0 radical (unpaired) electrons. The molecular weight excluding hydrogens is 345 g/mol. The minimum atomic E-state index is -0.396. The van der Waals surface area contributed by atoms with E-state index in [1.54, 1.807) is 18.0 Å². The van der Waals surface area contributed by atoms with Gasteiger partial charge in [-0.3, -0.25) is 4.68 Å². The van der Waals surface area contributed by atoms with Gasteiger partial charge < -0.3 is 9.84 Å². The Hall–Kier alpha value is -2.47. The second kappa shape index (κ2) is 7.64. The Morgan fingerprint density at radius 1 is 1.19 bits per heavy atom. The van der Waals surface area contributed by atoms with Crippen molar-refractivity contribution in [1.82, 2.24) is 14.8 Å². The van der Waals surface area contributed by atoms with Crippen LogP contribution in [0.4, 0.5) is 4.39 Å². The molecule has 27 heavy (non-hydrogen) atoms. The molecule has 0 unspecified atom stereocenters. The van der Waals surface area contributed by atoms with Crippen molar-refractivity contribution in [1.29, 1.82) is 0 Å². The van der Waals surface area contributed by atoms with Crippen LogP contribution in [-0.2, 0) is 12.0 Å². The van der Waals surface area contributed by atoms with Gasteiger partial charge in [-0.15, -0.1) is 0 Å². The lowest BCUT2D eigenvalue weighted by atomic mass is 9.77. The summed E-state index contributed by atoms with van der Waals surface area (Å²) in [6.07, 6.45) is 3.09. The Bertz CT molecular complexity index is 940. The molecule has 0 aliphatic carbocycles. The summed E-state index contributed by atoms with van der Waals surface area (Å²) in [6.45, 7) is 6.74. The maximum Gasteiger partial charge on any atom is 0.217 e. The molecule has 6 heteroatoms. The molecule has 0 spiro atoms. The molecule has 5 nitrogen and oxygen atoms in total. The van der Waals surface area contributed by atoms with E-state index in [-0.39, 0.29) is 12.4 Å². The normalized spacial score (nSPS) is 11.9. The van der Waals surface area contributed by atoms with Crippen molar-refractivity contribution < 1.29 is 14.2 Å². The number of ether oxygens (including phenoxy) is 1. The zero-order valence-electron chi connectivity index (χ0n) is 16.3. The van der Waals surface area contributed by atoms with Crippen LogP contribution in [0.2, 0.25) is 0 Å². The first-order valence-corrected chi connectivity index (χ1v) is 9.35. The van der Waals surface area contributed by atoms with E-state index in [0.29, 0.717) is 29.1 Å². The largest absolute Gasteiger partial charge is 0.481 e. The molecule has 1 N–H and O–H groups in total. The number of pyridine rings is 1. The Kier molecular flexibility index (Phi) is 5.46. The summed E-state index contributed by atoms with van der Waals surface area (Å²) in [6, 6.07) is 7.17.